The first-order valence-electron chi connectivity index (χ1n) is 6.03. The van der Waals surface area contributed by atoms with Crippen molar-refractivity contribution < 1.29 is 13.9 Å². The van der Waals surface area contributed by atoms with Crippen LogP contribution in [0.15, 0.2) is 12.1 Å². The van der Waals surface area contributed by atoms with Crippen molar-refractivity contribution in [1.82, 2.24) is 5.32 Å². The molecule has 18 heavy (non-hydrogen) atoms. The molecule has 0 radical (unpaired) electrons. The maximum Gasteiger partial charge on any atom is 0.163 e. The standard InChI is InChI=1S/C14H22FNO2/c1-14(2,6-7-16-3)10-8-12(17-4)13(18-5)9-11(10)15/h8-9,16H,6-7H2,1-5H3. The molecule has 0 aliphatic heterocycles. The van der Waals surface area contributed by atoms with E-state index in [1.807, 2.05) is 20.9 Å². The smallest absolute Gasteiger partial charge is 0.163 e. The Kier molecular flexibility index (Phi) is 4.96. The molecule has 0 amide bonds. The zero-order valence-electron chi connectivity index (χ0n) is 11.8. The van der Waals surface area contributed by atoms with Crippen LogP contribution in [0.5, 0.6) is 11.5 Å². The predicted octanol–water partition coefficient (Wildman–Crippen LogP) is 2.73. The third-order valence-electron chi connectivity index (χ3n) is 3.20. The van der Waals surface area contributed by atoms with Crippen LogP contribution in [0.25, 0.3) is 0 Å². The maximum absolute atomic E-state index is 14.1. The fourth-order valence-corrected chi connectivity index (χ4v) is 1.94. The third-order valence-corrected chi connectivity index (χ3v) is 3.20. The van der Waals surface area contributed by atoms with Crippen LogP contribution in [-0.2, 0) is 5.41 Å². The average Bonchev–Trinajstić information content (AvgIpc) is 2.35. The first-order chi connectivity index (χ1) is 8.46. The lowest BCUT2D eigenvalue weighted by molar-refractivity contribution is 0.347. The summed E-state index contributed by atoms with van der Waals surface area (Å²) in [5.74, 6) is 0.725. The SMILES string of the molecule is CNCCC(C)(C)c1cc(OC)c(OC)cc1F. The molecule has 4 heteroatoms. The van der Waals surface area contributed by atoms with Gasteiger partial charge >= 0.3 is 0 Å². The minimum atomic E-state index is -0.257. The summed E-state index contributed by atoms with van der Waals surface area (Å²) in [6, 6.07) is 3.11. The van der Waals surface area contributed by atoms with Gasteiger partial charge in [-0.3, -0.25) is 0 Å². The summed E-state index contributed by atoms with van der Waals surface area (Å²) in [7, 11) is 4.95. The molecule has 1 N–H and O–H groups in total. The lowest BCUT2D eigenvalue weighted by Crippen LogP contribution is -2.24. The Morgan fingerprint density at radius 1 is 1.17 bits per heavy atom. The number of halogens is 1. The van der Waals surface area contributed by atoms with Crippen LogP contribution in [0.2, 0.25) is 0 Å². The zero-order valence-corrected chi connectivity index (χ0v) is 11.8. The molecule has 0 aliphatic rings. The second-order valence-corrected chi connectivity index (χ2v) is 4.92. The van der Waals surface area contributed by atoms with Crippen LogP contribution in [-0.4, -0.2) is 27.8 Å². The van der Waals surface area contributed by atoms with E-state index in [1.54, 1.807) is 13.2 Å². The summed E-state index contributed by atoms with van der Waals surface area (Å²) >= 11 is 0. The lowest BCUT2D eigenvalue weighted by atomic mass is 9.81. The van der Waals surface area contributed by atoms with Crippen LogP contribution >= 0.6 is 0 Å². The predicted molar refractivity (Wildman–Crippen MR) is 71.1 cm³/mol. The van der Waals surface area contributed by atoms with Gasteiger partial charge in [0.05, 0.1) is 14.2 Å². The van der Waals surface area contributed by atoms with Crippen molar-refractivity contribution in [1.29, 1.82) is 0 Å². The summed E-state index contributed by atoms with van der Waals surface area (Å²) < 4.78 is 24.4. The number of hydrogen-bond donors (Lipinski definition) is 1. The Bertz CT molecular complexity index is 405. The molecule has 0 heterocycles. The highest BCUT2D eigenvalue weighted by Gasteiger charge is 2.25. The second kappa shape index (κ2) is 6.05. The van der Waals surface area contributed by atoms with Crippen molar-refractivity contribution in [2.24, 2.45) is 0 Å². The number of hydrogen-bond acceptors (Lipinski definition) is 3. The zero-order chi connectivity index (χ0) is 13.8. The minimum absolute atomic E-state index is 0.256. The molecule has 0 bridgehead atoms. The van der Waals surface area contributed by atoms with E-state index in [-0.39, 0.29) is 11.2 Å². The van der Waals surface area contributed by atoms with Gasteiger partial charge < -0.3 is 14.8 Å². The van der Waals surface area contributed by atoms with Gasteiger partial charge in [0.25, 0.3) is 0 Å². The van der Waals surface area contributed by atoms with Crippen LogP contribution in [0.1, 0.15) is 25.8 Å². The van der Waals surface area contributed by atoms with Gasteiger partial charge in [0.1, 0.15) is 5.82 Å². The van der Waals surface area contributed by atoms with Gasteiger partial charge in [0.15, 0.2) is 11.5 Å². The van der Waals surface area contributed by atoms with E-state index < -0.39 is 0 Å². The van der Waals surface area contributed by atoms with Gasteiger partial charge in [-0.1, -0.05) is 13.8 Å². The van der Waals surface area contributed by atoms with Gasteiger partial charge in [-0.2, -0.15) is 0 Å². The first-order valence-corrected chi connectivity index (χ1v) is 6.03. The van der Waals surface area contributed by atoms with Crippen LogP contribution in [0, 0.1) is 5.82 Å². The molecule has 102 valence electrons. The Morgan fingerprint density at radius 2 is 1.72 bits per heavy atom. The number of rotatable bonds is 6. The van der Waals surface area contributed by atoms with Crippen molar-refractivity contribution in [2.75, 3.05) is 27.8 Å². The van der Waals surface area contributed by atoms with Gasteiger partial charge in [0, 0.05) is 6.07 Å². The highest BCUT2D eigenvalue weighted by Crippen LogP contribution is 2.36. The molecule has 0 unspecified atom stereocenters. The van der Waals surface area contributed by atoms with Crippen molar-refractivity contribution >= 4 is 0 Å². The van der Waals surface area contributed by atoms with E-state index in [0.717, 1.165) is 13.0 Å². The first kappa shape index (κ1) is 14.8. The van der Waals surface area contributed by atoms with E-state index in [0.29, 0.717) is 17.1 Å². The van der Waals surface area contributed by atoms with Crippen molar-refractivity contribution in [3.05, 3.63) is 23.5 Å². The van der Waals surface area contributed by atoms with Crippen LogP contribution in [0.3, 0.4) is 0 Å². The molecule has 0 saturated heterocycles. The van der Waals surface area contributed by atoms with Crippen LogP contribution < -0.4 is 14.8 Å². The topological polar surface area (TPSA) is 30.5 Å². The van der Waals surface area contributed by atoms with E-state index >= 15 is 0 Å². The molecule has 0 atom stereocenters. The number of benzene rings is 1. The monoisotopic (exact) mass is 255 g/mol. The lowest BCUT2D eigenvalue weighted by Gasteiger charge is -2.26. The van der Waals surface area contributed by atoms with Crippen molar-refractivity contribution in [3.8, 4) is 11.5 Å². The minimum Gasteiger partial charge on any atom is -0.493 e. The van der Waals surface area contributed by atoms with Gasteiger partial charge in [-0.15, -0.1) is 0 Å². The van der Waals surface area contributed by atoms with Crippen LogP contribution in [0.4, 0.5) is 4.39 Å². The Morgan fingerprint density at radius 3 is 2.22 bits per heavy atom. The second-order valence-electron chi connectivity index (χ2n) is 4.92. The summed E-state index contributed by atoms with van der Waals surface area (Å²) in [5, 5.41) is 3.09. The molecule has 1 aromatic rings. The summed E-state index contributed by atoms with van der Waals surface area (Å²) in [6.07, 6.45) is 0.843. The fraction of sp³-hybridized carbons (Fsp3) is 0.571. The molecular weight excluding hydrogens is 233 g/mol. The largest absolute Gasteiger partial charge is 0.493 e. The quantitative estimate of drug-likeness (QED) is 0.848. The molecule has 0 spiro atoms. The Hall–Kier alpha value is -1.29. The maximum atomic E-state index is 14.1. The summed E-state index contributed by atoms with van der Waals surface area (Å²) in [6.45, 7) is 4.88. The molecular formula is C14H22FNO2. The highest BCUT2D eigenvalue weighted by molar-refractivity contribution is 5.45. The summed E-state index contributed by atoms with van der Waals surface area (Å²) in [4.78, 5) is 0. The molecule has 0 fully saturated rings. The molecule has 0 saturated carbocycles. The van der Waals surface area contributed by atoms with Crippen molar-refractivity contribution in [3.63, 3.8) is 0 Å². The Labute approximate surface area is 108 Å². The van der Waals surface area contributed by atoms with Gasteiger partial charge in [-0.05, 0) is 37.1 Å². The normalized spacial score (nSPS) is 11.4. The molecule has 0 aliphatic carbocycles. The van der Waals surface area contributed by atoms with E-state index in [4.69, 9.17) is 9.47 Å². The summed E-state index contributed by atoms with van der Waals surface area (Å²) in [5.41, 5.74) is 0.391. The van der Waals surface area contributed by atoms with Gasteiger partial charge in [-0.25, -0.2) is 4.39 Å². The van der Waals surface area contributed by atoms with E-state index in [2.05, 4.69) is 5.32 Å². The third kappa shape index (κ3) is 3.13. The van der Waals surface area contributed by atoms with E-state index in [1.165, 1.54) is 13.2 Å². The molecule has 3 nitrogen and oxygen atoms in total. The number of methoxy groups -OCH3 is 2. The van der Waals surface area contributed by atoms with E-state index in [9.17, 15) is 4.39 Å². The average molecular weight is 255 g/mol. The number of nitrogens with one attached hydrogen (secondary N) is 1. The molecule has 1 rings (SSSR count). The molecule has 1 aromatic carbocycles. The number of ether oxygens (including phenoxy) is 2. The Balaban J connectivity index is 3.15. The van der Waals surface area contributed by atoms with Crippen molar-refractivity contribution in [2.45, 2.75) is 25.7 Å². The molecule has 0 aromatic heterocycles. The fourth-order valence-electron chi connectivity index (χ4n) is 1.94. The highest BCUT2D eigenvalue weighted by atomic mass is 19.1. The van der Waals surface area contributed by atoms with Gasteiger partial charge in [0.2, 0.25) is 0 Å².